The molecule has 0 atom stereocenters. The van der Waals surface area contributed by atoms with Gasteiger partial charge in [-0.1, -0.05) is 0 Å². The number of aromatic nitrogens is 1. The maximum absolute atomic E-state index is 12.0. The number of nitrogens with one attached hydrogen (secondary N) is 3. The number of aromatic amines is 1. The summed E-state index contributed by atoms with van der Waals surface area (Å²) in [5, 5.41) is 16.6. The van der Waals surface area contributed by atoms with E-state index in [4.69, 9.17) is 0 Å². The summed E-state index contributed by atoms with van der Waals surface area (Å²) in [5.41, 5.74) is 2.97. The number of nitro groups is 1. The van der Waals surface area contributed by atoms with Gasteiger partial charge in [0.25, 0.3) is 11.6 Å². The van der Waals surface area contributed by atoms with E-state index in [1.54, 1.807) is 0 Å². The first-order valence-corrected chi connectivity index (χ1v) is 6.64. The van der Waals surface area contributed by atoms with E-state index in [-0.39, 0.29) is 11.4 Å². The molecule has 1 aromatic carbocycles. The molecule has 2 aromatic rings. The average Bonchev–Trinajstić information content (AvgIpc) is 2.97. The fourth-order valence-corrected chi connectivity index (χ4v) is 2.37. The van der Waals surface area contributed by atoms with Gasteiger partial charge in [0.15, 0.2) is 0 Å². The standard InChI is InChI=1S/C14H14N4O3/c19-14(13-7-11(8-16-13)18(20)21)17-10-3-4-12-9(6-10)2-1-5-15-12/h3-4,6-8,15-16H,1-2,5H2,(H,17,19). The van der Waals surface area contributed by atoms with Crippen LogP contribution in [0, 0.1) is 10.1 Å². The molecule has 0 fully saturated rings. The molecule has 1 amide bonds. The minimum absolute atomic E-state index is 0.130. The molecular weight excluding hydrogens is 272 g/mol. The fraction of sp³-hybridized carbons (Fsp3) is 0.214. The van der Waals surface area contributed by atoms with Crippen molar-refractivity contribution in [2.45, 2.75) is 12.8 Å². The minimum atomic E-state index is -0.544. The molecule has 108 valence electrons. The van der Waals surface area contributed by atoms with Gasteiger partial charge in [-0.2, -0.15) is 0 Å². The zero-order chi connectivity index (χ0) is 14.8. The van der Waals surface area contributed by atoms with Crippen LogP contribution in [-0.2, 0) is 6.42 Å². The number of aryl methyl sites for hydroxylation is 1. The van der Waals surface area contributed by atoms with Crippen LogP contribution < -0.4 is 10.6 Å². The molecule has 2 heterocycles. The number of carbonyl (C=O) groups excluding carboxylic acids is 1. The number of benzene rings is 1. The second-order valence-corrected chi connectivity index (χ2v) is 4.89. The van der Waals surface area contributed by atoms with Crippen molar-refractivity contribution in [3.05, 3.63) is 51.8 Å². The molecule has 0 saturated carbocycles. The summed E-state index contributed by atoms with van der Waals surface area (Å²) in [5.74, 6) is -0.396. The third-order valence-corrected chi connectivity index (χ3v) is 3.42. The van der Waals surface area contributed by atoms with Crippen LogP contribution in [0.1, 0.15) is 22.5 Å². The summed E-state index contributed by atoms with van der Waals surface area (Å²) < 4.78 is 0. The third kappa shape index (κ3) is 2.71. The maximum atomic E-state index is 12.0. The van der Waals surface area contributed by atoms with E-state index in [2.05, 4.69) is 15.6 Å². The number of hydrogen-bond acceptors (Lipinski definition) is 4. The molecule has 1 aromatic heterocycles. The van der Waals surface area contributed by atoms with Gasteiger partial charge < -0.3 is 15.6 Å². The van der Waals surface area contributed by atoms with E-state index in [1.807, 2.05) is 18.2 Å². The van der Waals surface area contributed by atoms with E-state index < -0.39 is 10.8 Å². The molecule has 21 heavy (non-hydrogen) atoms. The number of amides is 1. The van der Waals surface area contributed by atoms with E-state index in [0.717, 1.165) is 30.6 Å². The largest absolute Gasteiger partial charge is 0.385 e. The van der Waals surface area contributed by atoms with Gasteiger partial charge in [-0.05, 0) is 36.6 Å². The highest BCUT2D eigenvalue weighted by molar-refractivity contribution is 6.03. The van der Waals surface area contributed by atoms with E-state index in [1.165, 1.54) is 12.3 Å². The molecule has 0 radical (unpaired) electrons. The third-order valence-electron chi connectivity index (χ3n) is 3.42. The lowest BCUT2D eigenvalue weighted by Crippen LogP contribution is -2.14. The van der Waals surface area contributed by atoms with E-state index >= 15 is 0 Å². The average molecular weight is 286 g/mol. The Kier molecular flexibility index (Phi) is 3.31. The van der Waals surface area contributed by atoms with Crippen molar-refractivity contribution < 1.29 is 9.72 Å². The van der Waals surface area contributed by atoms with Gasteiger partial charge in [-0.3, -0.25) is 14.9 Å². The highest BCUT2D eigenvalue weighted by atomic mass is 16.6. The monoisotopic (exact) mass is 286 g/mol. The summed E-state index contributed by atoms with van der Waals surface area (Å²) in [4.78, 5) is 24.7. The highest BCUT2D eigenvalue weighted by Crippen LogP contribution is 2.25. The molecule has 7 heteroatoms. The summed E-state index contributed by atoms with van der Waals surface area (Å²) in [7, 11) is 0. The molecule has 7 nitrogen and oxygen atoms in total. The van der Waals surface area contributed by atoms with Gasteiger partial charge in [-0.15, -0.1) is 0 Å². The molecule has 3 N–H and O–H groups in total. The molecule has 0 spiro atoms. The fourth-order valence-electron chi connectivity index (χ4n) is 2.37. The van der Waals surface area contributed by atoms with Crippen LogP contribution in [0.3, 0.4) is 0 Å². The van der Waals surface area contributed by atoms with Crippen molar-refractivity contribution in [1.29, 1.82) is 0 Å². The van der Waals surface area contributed by atoms with Gasteiger partial charge in [0, 0.05) is 24.0 Å². The van der Waals surface area contributed by atoms with Crippen LogP contribution in [0.2, 0.25) is 0 Å². The van der Waals surface area contributed by atoms with E-state index in [0.29, 0.717) is 5.69 Å². The van der Waals surface area contributed by atoms with Crippen molar-refractivity contribution in [3.8, 4) is 0 Å². The van der Waals surface area contributed by atoms with E-state index in [9.17, 15) is 14.9 Å². The second kappa shape index (κ2) is 5.28. The molecule has 0 bridgehead atoms. The first-order chi connectivity index (χ1) is 10.1. The van der Waals surface area contributed by atoms with Gasteiger partial charge in [0.1, 0.15) is 5.69 Å². The Bertz CT molecular complexity index is 708. The van der Waals surface area contributed by atoms with Crippen molar-refractivity contribution >= 4 is 23.0 Å². The van der Waals surface area contributed by atoms with Crippen LogP contribution in [0.15, 0.2) is 30.5 Å². The number of fused-ring (bicyclic) bond motifs is 1. The quantitative estimate of drug-likeness (QED) is 0.596. The predicted octanol–water partition coefficient (Wildman–Crippen LogP) is 2.53. The zero-order valence-corrected chi connectivity index (χ0v) is 11.2. The van der Waals surface area contributed by atoms with Gasteiger partial charge in [0.2, 0.25) is 0 Å². The number of nitrogens with zero attached hydrogens (tertiary/aromatic N) is 1. The minimum Gasteiger partial charge on any atom is -0.385 e. The van der Waals surface area contributed by atoms with Crippen LogP contribution >= 0.6 is 0 Å². The SMILES string of the molecule is O=C(Nc1ccc2c(c1)CCCN2)c1cc([N+](=O)[O-])c[nH]1. The summed E-state index contributed by atoms with van der Waals surface area (Å²) in [6.07, 6.45) is 3.24. The van der Waals surface area contributed by atoms with Gasteiger partial charge in [-0.25, -0.2) is 0 Å². The van der Waals surface area contributed by atoms with Gasteiger partial charge >= 0.3 is 0 Å². The first-order valence-electron chi connectivity index (χ1n) is 6.64. The summed E-state index contributed by atoms with van der Waals surface area (Å²) in [6, 6.07) is 6.89. The van der Waals surface area contributed by atoms with Crippen molar-refractivity contribution in [3.63, 3.8) is 0 Å². The maximum Gasteiger partial charge on any atom is 0.287 e. The number of hydrogen-bond donors (Lipinski definition) is 3. The Balaban J connectivity index is 1.76. The lowest BCUT2D eigenvalue weighted by Gasteiger charge is -2.18. The first kappa shape index (κ1) is 13.2. The smallest absolute Gasteiger partial charge is 0.287 e. The second-order valence-electron chi connectivity index (χ2n) is 4.89. The highest BCUT2D eigenvalue weighted by Gasteiger charge is 2.15. The van der Waals surface area contributed by atoms with Crippen molar-refractivity contribution in [1.82, 2.24) is 4.98 Å². The van der Waals surface area contributed by atoms with Crippen LogP contribution in [-0.4, -0.2) is 22.4 Å². The Hall–Kier alpha value is -2.83. The molecule has 3 rings (SSSR count). The number of H-pyrrole nitrogens is 1. The molecular formula is C14H14N4O3. The summed E-state index contributed by atoms with van der Waals surface area (Å²) >= 11 is 0. The van der Waals surface area contributed by atoms with Crippen molar-refractivity contribution in [2.24, 2.45) is 0 Å². The Morgan fingerprint density at radius 2 is 2.19 bits per heavy atom. The zero-order valence-electron chi connectivity index (χ0n) is 11.2. The molecule has 0 saturated heterocycles. The van der Waals surface area contributed by atoms with Crippen molar-refractivity contribution in [2.75, 3.05) is 17.2 Å². The van der Waals surface area contributed by atoms with Crippen LogP contribution in [0.25, 0.3) is 0 Å². The number of carbonyl (C=O) groups is 1. The molecule has 0 aliphatic carbocycles. The Labute approximate surface area is 120 Å². The summed E-state index contributed by atoms with van der Waals surface area (Å²) in [6.45, 7) is 0.963. The Morgan fingerprint density at radius 1 is 1.33 bits per heavy atom. The Morgan fingerprint density at radius 3 is 2.95 bits per heavy atom. The molecule has 0 unspecified atom stereocenters. The van der Waals surface area contributed by atoms with Crippen LogP contribution in [0.5, 0.6) is 0 Å². The van der Waals surface area contributed by atoms with Crippen LogP contribution in [0.4, 0.5) is 17.1 Å². The number of anilines is 2. The lowest BCUT2D eigenvalue weighted by molar-refractivity contribution is -0.384. The topological polar surface area (TPSA) is 100 Å². The normalized spacial score (nSPS) is 13.1. The predicted molar refractivity (Wildman–Crippen MR) is 78.7 cm³/mol. The van der Waals surface area contributed by atoms with Gasteiger partial charge in [0.05, 0.1) is 11.1 Å². The molecule has 1 aliphatic rings. The lowest BCUT2D eigenvalue weighted by atomic mass is 10.0. The number of rotatable bonds is 3. The molecule has 1 aliphatic heterocycles.